The van der Waals surface area contributed by atoms with Gasteiger partial charge in [-0.25, -0.2) is 22.7 Å². The Morgan fingerprint density at radius 1 is 1.00 bits per heavy atom. The number of hydrogen-bond acceptors (Lipinski definition) is 5. The molecule has 0 aliphatic carbocycles. The minimum Gasteiger partial charge on any atom is -0.356 e. The third kappa shape index (κ3) is 3.35. The van der Waals surface area contributed by atoms with Gasteiger partial charge in [0.25, 0.3) is 0 Å². The summed E-state index contributed by atoms with van der Waals surface area (Å²) in [5.74, 6) is 0.950. The van der Waals surface area contributed by atoms with E-state index in [0.717, 1.165) is 49.4 Å². The van der Waals surface area contributed by atoms with Gasteiger partial charge < -0.3 is 4.90 Å². The number of aromatic nitrogens is 2. The molecule has 0 amide bonds. The van der Waals surface area contributed by atoms with Gasteiger partial charge >= 0.3 is 0 Å². The summed E-state index contributed by atoms with van der Waals surface area (Å²) in [5, 5.41) is -0.236. The number of sulfonamides is 1. The van der Waals surface area contributed by atoms with Crippen LogP contribution in [0.4, 0.5) is 5.82 Å². The lowest BCUT2D eigenvalue weighted by atomic mass is 10.1. The molecule has 7 heteroatoms. The molecule has 1 aromatic rings. The molecule has 0 N–H and O–H groups in total. The lowest BCUT2D eigenvalue weighted by Crippen LogP contribution is -2.47. The average Bonchev–Trinajstić information content (AvgIpc) is 2.58. The Bertz CT molecular complexity index is 648. The van der Waals surface area contributed by atoms with Crippen molar-refractivity contribution in [3.63, 3.8) is 0 Å². The SMILES string of the molecule is Cc1ncnc(N2CCC(S(=O)(=O)N3CCCCC3)CC2)c1C. The van der Waals surface area contributed by atoms with Crippen LogP contribution in [0.2, 0.25) is 0 Å². The second-order valence-electron chi connectivity index (χ2n) is 6.60. The van der Waals surface area contributed by atoms with E-state index in [1.54, 1.807) is 10.6 Å². The van der Waals surface area contributed by atoms with Crippen molar-refractivity contribution in [2.45, 2.75) is 51.2 Å². The van der Waals surface area contributed by atoms with E-state index >= 15 is 0 Å². The van der Waals surface area contributed by atoms with Crippen LogP contribution >= 0.6 is 0 Å². The summed E-state index contributed by atoms with van der Waals surface area (Å²) in [6.45, 7) is 6.90. The maximum Gasteiger partial charge on any atom is 0.217 e. The highest BCUT2D eigenvalue weighted by Crippen LogP contribution is 2.27. The zero-order chi connectivity index (χ0) is 16.4. The van der Waals surface area contributed by atoms with Gasteiger partial charge in [0.05, 0.1) is 5.25 Å². The number of anilines is 1. The highest BCUT2D eigenvalue weighted by Gasteiger charge is 2.35. The molecule has 3 rings (SSSR count). The van der Waals surface area contributed by atoms with Gasteiger partial charge in [-0.1, -0.05) is 6.42 Å². The van der Waals surface area contributed by atoms with Crippen LogP contribution in [0.5, 0.6) is 0 Å². The van der Waals surface area contributed by atoms with Gasteiger partial charge in [-0.15, -0.1) is 0 Å². The molecular formula is C16H26N4O2S. The van der Waals surface area contributed by atoms with Crippen molar-refractivity contribution in [1.29, 1.82) is 0 Å². The Kier molecular flexibility index (Phi) is 4.87. The molecule has 3 heterocycles. The number of nitrogens with zero attached hydrogens (tertiary/aromatic N) is 4. The van der Waals surface area contributed by atoms with Crippen LogP contribution in [-0.4, -0.2) is 54.1 Å². The highest BCUT2D eigenvalue weighted by atomic mass is 32.2. The molecule has 0 unspecified atom stereocenters. The maximum absolute atomic E-state index is 12.8. The fourth-order valence-electron chi connectivity index (χ4n) is 3.54. The first-order chi connectivity index (χ1) is 11.0. The van der Waals surface area contributed by atoms with E-state index in [4.69, 9.17) is 0 Å². The van der Waals surface area contributed by atoms with Crippen molar-refractivity contribution in [3.8, 4) is 0 Å². The van der Waals surface area contributed by atoms with Gasteiger partial charge in [0, 0.05) is 37.4 Å². The lowest BCUT2D eigenvalue weighted by molar-refractivity contribution is 0.338. The first-order valence-corrected chi connectivity index (χ1v) is 10.0. The Hall–Kier alpha value is -1.21. The zero-order valence-corrected chi connectivity index (χ0v) is 14.8. The number of hydrogen-bond donors (Lipinski definition) is 0. The summed E-state index contributed by atoms with van der Waals surface area (Å²) in [7, 11) is -3.14. The number of aryl methyl sites for hydroxylation is 1. The Balaban J connectivity index is 1.67. The minimum absolute atomic E-state index is 0.236. The van der Waals surface area contributed by atoms with Gasteiger partial charge in [-0.05, 0) is 39.5 Å². The highest BCUT2D eigenvalue weighted by molar-refractivity contribution is 7.89. The minimum atomic E-state index is -3.14. The largest absolute Gasteiger partial charge is 0.356 e. The molecule has 0 aromatic carbocycles. The van der Waals surface area contributed by atoms with Crippen LogP contribution in [0.3, 0.4) is 0 Å². The molecule has 1 aromatic heterocycles. The molecule has 6 nitrogen and oxygen atoms in total. The van der Waals surface area contributed by atoms with Crippen molar-refractivity contribution in [1.82, 2.24) is 14.3 Å². The van der Waals surface area contributed by atoms with Gasteiger partial charge in [0.2, 0.25) is 10.0 Å². The molecule has 2 saturated heterocycles. The van der Waals surface area contributed by atoms with Crippen molar-refractivity contribution in [2.24, 2.45) is 0 Å². The molecule has 0 radical (unpaired) electrons. The third-order valence-corrected chi connectivity index (χ3v) is 7.55. The normalized spacial score (nSPS) is 21.6. The summed E-state index contributed by atoms with van der Waals surface area (Å²) in [5.41, 5.74) is 2.07. The average molecular weight is 338 g/mol. The Morgan fingerprint density at radius 3 is 2.30 bits per heavy atom. The number of rotatable bonds is 3. The third-order valence-electron chi connectivity index (χ3n) is 5.15. The molecule has 0 atom stereocenters. The number of piperidine rings is 2. The molecular weight excluding hydrogens is 312 g/mol. The fourth-order valence-corrected chi connectivity index (χ4v) is 5.54. The maximum atomic E-state index is 12.8. The van der Waals surface area contributed by atoms with E-state index in [9.17, 15) is 8.42 Å². The van der Waals surface area contributed by atoms with E-state index in [2.05, 4.69) is 14.9 Å². The van der Waals surface area contributed by atoms with E-state index in [1.165, 1.54) is 0 Å². The van der Waals surface area contributed by atoms with Crippen LogP contribution in [-0.2, 0) is 10.0 Å². The topological polar surface area (TPSA) is 66.4 Å². The van der Waals surface area contributed by atoms with Gasteiger partial charge in [0.1, 0.15) is 12.1 Å². The van der Waals surface area contributed by atoms with E-state index in [0.29, 0.717) is 25.9 Å². The fraction of sp³-hybridized carbons (Fsp3) is 0.750. The molecule has 2 fully saturated rings. The monoisotopic (exact) mass is 338 g/mol. The van der Waals surface area contributed by atoms with Crippen molar-refractivity contribution in [2.75, 3.05) is 31.1 Å². The predicted molar refractivity (Wildman–Crippen MR) is 91.1 cm³/mol. The summed E-state index contributed by atoms with van der Waals surface area (Å²) in [6, 6.07) is 0. The Morgan fingerprint density at radius 2 is 1.65 bits per heavy atom. The first kappa shape index (κ1) is 16.6. The second kappa shape index (κ2) is 6.73. The standard InChI is InChI=1S/C16H26N4O2S/c1-13-14(2)17-12-18-16(13)19-10-6-15(7-11-19)23(21,22)20-8-4-3-5-9-20/h12,15H,3-11H2,1-2H3. The van der Waals surface area contributed by atoms with Gasteiger partial charge in [-0.3, -0.25) is 0 Å². The molecule has 0 saturated carbocycles. The lowest BCUT2D eigenvalue weighted by Gasteiger charge is -2.36. The Labute approximate surface area is 139 Å². The van der Waals surface area contributed by atoms with Crippen LogP contribution in [0.1, 0.15) is 43.4 Å². The van der Waals surface area contributed by atoms with Crippen LogP contribution < -0.4 is 4.90 Å². The molecule has 0 bridgehead atoms. The van der Waals surface area contributed by atoms with Gasteiger partial charge in [0.15, 0.2) is 0 Å². The summed E-state index contributed by atoms with van der Waals surface area (Å²) < 4.78 is 27.3. The summed E-state index contributed by atoms with van der Waals surface area (Å²) >= 11 is 0. The molecule has 0 spiro atoms. The molecule has 23 heavy (non-hydrogen) atoms. The second-order valence-corrected chi connectivity index (χ2v) is 8.81. The summed E-state index contributed by atoms with van der Waals surface area (Å²) in [6.07, 6.45) is 6.10. The van der Waals surface area contributed by atoms with Crippen LogP contribution in [0.15, 0.2) is 6.33 Å². The quantitative estimate of drug-likeness (QED) is 0.842. The molecule has 128 valence electrons. The smallest absolute Gasteiger partial charge is 0.217 e. The molecule has 2 aliphatic rings. The van der Waals surface area contributed by atoms with E-state index < -0.39 is 10.0 Å². The van der Waals surface area contributed by atoms with Gasteiger partial charge in [-0.2, -0.15) is 0 Å². The van der Waals surface area contributed by atoms with E-state index in [-0.39, 0.29) is 5.25 Å². The molecule has 2 aliphatic heterocycles. The van der Waals surface area contributed by atoms with Crippen LogP contribution in [0, 0.1) is 13.8 Å². The zero-order valence-electron chi connectivity index (χ0n) is 14.0. The first-order valence-electron chi connectivity index (χ1n) is 8.52. The van der Waals surface area contributed by atoms with Crippen molar-refractivity contribution >= 4 is 15.8 Å². The van der Waals surface area contributed by atoms with E-state index in [1.807, 2.05) is 13.8 Å². The van der Waals surface area contributed by atoms with Crippen molar-refractivity contribution in [3.05, 3.63) is 17.6 Å². The summed E-state index contributed by atoms with van der Waals surface area (Å²) in [4.78, 5) is 10.8. The predicted octanol–water partition coefficient (Wildman–Crippen LogP) is 1.88. The van der Waals surface area contributed by atoms with Crippen LogP contribution in [0.25, 0.3) is 0 Å². The van der Waals surface area contributed by atoms with Crippen molar-refractivity contribution < 1.29 is 8.42 Å².